The van der Waals surface area contributed by atoms with Gasteiger partial charge in [-0.25, -0.2) is 0 Å². The first-order valence-corrected chi connectivity index (χ1v) is 11.9. The number of hydrogen-bond donors (Lipinski definition) is 1. The third kappa shape index (κ3) is 3.75. The van der Waals surface area contributed by atoms with Crippen molar-refractivity contribution in [3.05, 3.63) is 103 Å². The standard InChI is InChI=1S/C26H23Cl2N3O4/c1-15-7-9-16(10-8-15)14-35-23-20(27)11-17(12-21(23)28)18-13-30(2)26(24(18)31(33)34)19-5-3-4-6-22(19)29-25(26)32/h3-12,18,24H,13-14H2,1-2H3,(H,29,32)/t18-,24+,26-/m0/s1. The first-order valence-electron chi connectivity index (χ1n) is 11.2. The van der Waals surface area contributed by atoms with E-state index in [9.17, 15) is 14.9 Å². The number of carbonyl (C=O) groups excluding carboxylic acids is 1. The highest BCUT2D eigenvalue weighted by atomic mass is 35.5. The minimum Gasteiger partial charge on any atom is -0.486 e. The van der Waals surface area contributed by atoms with Crippen molar-refractivity contribution in [2.24, 2.45) is 0 Å². The molecule has 1 N–H and O–H groups in total. The molecule has 9 heteroatoms. The molecule has 0 unspecified atom stereocenters. The molecule has 180 valence electrons. The summed E-state index contributed by atoms with van der Waals surface area (Å²) in [7, 11) is 1.74. The number of nitrogens with one attached hydrogen (secondary N) is 1. The van der Waals surface area contributed by atoms with E-state index < -0.39 is 23.4 Å². The van der Waals surface area contributed by atoms with E-state index in [1.54, 1.807) is 48.3 Å². The van der Waals surface area contributed by atoms with Crippen LogP contribution in [0.3, 0.4) is 0 Å². The van der Waals surface area contributed by atoms with Crippen LogP contribution in [0, 0.1) is 17.0 Å². The van der Waals surface area contributed by atoms with Gasteiger partial charge in [0.2, 0.25) is 0 Å². The molecule has 2 heterocycles. The van der Waals surface area contributed by atoms with Crippen LogP contribution in [0.5, 0.6) is 5.75 Å². The SMILES string of the molecule is Cc1ccc(COc2c(Cl)cc([C@@H]3CN(C)[C@]4(C(=O)Nc5ccccc54)[C@@H]3[N+](=O)[O-])cc2Cl)cc1. The maximum absolute atomic E-state index is 13.3. The topological polar surface area (TPSA) is 84.7 Å². The minimum absolute atomic E-state index is 0.265. The quantitative estimate of drug-likeness (QED) is 0.366. The summed E-state index contributed by atoms with van der Waals surface area (Å²) in [4.78, 5) is 27.1. The number of fused-ring (bicyclic) bond motifs is 2. The molecule has 3 aromatic rings. The van der Waals surface area contributed by atoms with Crippen molar-refractivity contribution in [3.8, 4) is 5.75 Å². The van der Waals surface area contributed by atoms with E-state index in [0.29, 0.717) is 22.6 Å². The zero-order chi connectivity index (χ0) is 24.9. The number of carbonyl (C=O) groups is 1. The van der Waals surface area contributed by atoms with Crippen molar-refractivity contribution in [3.63, 3.8) is 0 Å². The molecule has 3 aromatic carbocycles. The fourth-order valence-electron chi connectivity index (χ4n) is 5.35. The van der Waals surface area contributed by atoms with Gasteiger partial charge in [-0.3, -0.25) is 19.8 Å². The predicted molar refractivity (Wildman–Crippen MR) is 135 cm³/mol. The third-order valence-corrected chi connectivity index (χ3v) is 7.56. The van der Waals surface area contributed by atoms with Gasteiger partial charge in [-0.2, -0.15) is 0 Å². The molecule has 2 aliphatic rings. The van der Waals surface area contributed by atoms with E-state index in [2.05, 4.69) is 5.32 Å². The Morgan fingerprint density at radius 3 is 2.46 bits per heavy atom. The maximum Gasteiger partial charge on any atom is 0.256 e. The molecular formula is C26H23Cl2N3O4. The van der Waals surface area contributed by atoms with Crippen molar-refractivity contribution >= 4 is 34.8 Å². The number of para-hydroxylation sites is 1. The van der Waals surface area contributed by atoms with Gasteiger partial charge in [-0.1, -0.05) is 71.2 Å². The fraction of sp³-hybridized carbons (Fsp3) is 0.269. The first-order chi connectivity index (χ1) is 16.7. The lowest BCUT2D eigenvalue weighted by molar-refractivity contribution is -0.534. The Kier molecular flexibility index (Phi) is 5.95. The van der Waals surface area contributed by atoms with Crippen LogP contribution in [0.25, 0.3) is 0 Å². The van der Waals surface area contributed by atoms with E-state index in [0.717, 1.165) is 11.1 Å². The smallest absolute Gasteiger partial charge is 0.256 e. The summed E-state index contributed by atoms with van der Waals surface area (Å²) in [6.07, 6.45) is 0. The summed E-state index contributed by atoms with van der Waals surface area (Å²) in [5, 5.41) is 15.8. The lowest BCUT2D eigenvalue weighted by Gasteiger charge is -2.30. The minimum atomic E-state index is -1.43. The summed E-state index contributed by atoms with van der Waals surface area (Å²) < 4.78 is 5.89. The largest absolute Gasteiger partial charge is 0.486 e. The summed E-state index contributed by atoms with van der Waals surface area (Å²) in [6.45, 7) is 2.57. The highest BCUT2D eigenvalue weighted by Gasteiger charge is 2.68. The summed E-state index contributed by atoms with van der Waals surface area (Å²) in [5.74, 6) is -0.700. The zero-order valence-electron chi connectivity index (χ0n) is 19.1. The van der Waals surface area contributed by atoms with E-state index in [-0.39, 0.29) is 28.1 Å². The van der Waals surface area contributed by atoms with E-state index in [1.807, 2.05) is 31.2 Å². The van der Waals surface area contributed by atoms with Crippen LogP contribution in [0.2, 0.25) is 10.0 Å². The number of ether oxygens (including phenoxy) is 1. The molecular weight excluding hydrogens is 489 g/mol. The number of halogens is 2. The molecule has 0 radical (unpaired) electrons. The molecule has 0 saturated carbocycles. The average Bonchev–Trinajstić information content (AvgIpc) is 3.29. The van der Waals surface area contributed by atoms with Crippen LogP contribution in [0.1, 0.15) is 28.2 Å². The number of rotatable bonds is 5. The number of hydrogen-bond acceptors (Lipinski definition) is 5. The number of nitro groups is 1. The van der Waals surface area contributed by atoms with Gasteiger partial charge in [0, 0.05) is 22.7 Å². The second-order valence-corrected chi connectivity index (χ2v) is 9.89. The molecule has 0 aliphatic carbocycles. The maximum atomic E-state index is 13.3. The average molecular weight is 512 g/mol. The highest BCUT2D eigenvalue weighted by Crippen LogP contribution is 2.52. The molecule has 1 fully saturated rings. The van der Waals surface area contributed by atoms with Crippen LogP contribution in [0.4, 0.5) is 5.69 Å². The normalized spacial score (nSPS) is 23.4. The Labute approximate surface area is 212 Å². The number of benzene rings is 3. The number of anilines is 1. The molecule has 3 atom stereocenters. The first kappa shape index (κ1) is 23.6. The molecule has 35 heavy (non-hydrogen) atoms. The van der Waals surface area contributed by atoms with Gasteiger partial charge in [0.25, 0.3) is 11.9 Å². The molecule has 1 amide bonds. The Bertz CT molecular complexity index is 1310. The van der Waals surface area contributed by atoms with Crippen molar-refractivity contribution in [1.29, 1.82) is 0 Å². The number of likely N-dealkylation sites (N-methyl/N-ethyl adjacent to an activating group) is 1. The number of amides is 1. The monoisotopic (exact) mass is 511 g/mol. The van der Waals surface area contributed by atoms with Crippen molar-refractivity contribution in [2.75, 3.05) is 18.9 Å². The van der Waals surface area contributed by atoms with Gasteiger partial charge in [0.15, 0.2) is 11.3 Å². The van der Waals surface area contributed by atoms with Crippen LogP contribution in [-0.4, -0.2) is 35.4 Å². The number of nitrogens with zero attached hydrogens (tertiary/aromatic N) is 2. The lowest BCUT2D eigenvalue weighted by atomic mass is 9.79. The molecule has 5 rings (SSSR count). The molecule has 7 nitrogen and oxygen atoms in total. The summed E-state index contributed by atoms with van der Waals surface area (Å²) in [5.41, 5.74) is 2.47. The van der Waals surface area contributed by atoms with Crippen molar-refractivity contribution in [2.45, 2.75) is 31.0 Å². The van der Waals surface area contributed by atoms with Gasteiger partial charge < -0.3 is 10.1 Å². The second kappa shape index (κ2) is 8.82. The van der Waals surface area contributed by atoms with Crippen molar-refractivity contribution < 1.29 is 14.5 Å². The van der Waals surface area contributed by atoms with Gasteiger partial charge in [-0.05, 0) is 43.3 Å². The second-order valence-electron chi connectivity index (χ2n) is 9.07. The van der Waals surface area contributed by atoms with Crippen LogP contribution < -0.4 is 10.1 Å². The number of aryl methyl sites for hydroxylation is 1. The van der Waals surface area contributed by atoms with Gasteiger partial charge >= 0.3 is 0 Å². The molecule has 1 saturated heterocycles. The molecule has 1 spiro atoms. The lowest BCUT2D eigenvalue weighted by Crippen LogP contribution is -2.54. The Balaban J connectivity index is 1.50. The van der Waals surface area contributed by atoms with Gasteiger partial charge in [0.1, 0.15) is 6.61 Å². The van der Waals surface area contributed by atoms with Crippen LogP contribution >= 0.6 is 23.2 Å². The van der Waals surface area contributed by atoms with Gasteiger partial charge in [-0.15, -0.1) is 0 Å². The Morgan fingerprint density at radius 1 is 1.14 bits per heavy atom. The third-order valence-electron chi connectivity index (χ3n) is 6.99. The summed E-state index contributed by atoms with van der Waals surface area (Å²) >= 11 is 13.1. The molecule has 0 aromatic heterocycles. The fourth-order valence-corrected chi connectivity index (χ4v) is 5.96. The zero-order valence-corrected chi connectivity index (χ0v) is 20.6. The number of likely N-dealkylation sites (tertiary alicyclic amines) is 1. The van der Waals surface area contributed by atoms with E-state index in [4.69, 9.17) is 27.9 Å². The van der Waals surface area contributed by atoms with Crippen LogP contribution in [-0.2, 0) is 16.9 Å². The molecule has 2 aliphatic heterocycles. The predicted octanol–water partition coefficient (Wildman–Crippen LogP) is 5.40. The Hall–Kier alpha value is -3.13. The van der Waals surface area contributed by atoms with Crippen molar-refractivity contribution in [1.82, 2.24) is 4.90 Å². The molecule has 0 bridgehead atoms. The van der Waals surface area contributed by atoms with Gasteiger partial charge in [0.05, 0.1) is 16.0 Å². The Morgan fingerprint density at radius 2 is 1.80 bits per heavy atom. The summed E-state index contributed by atoms with van der Waals surface area (Å²) in [6, 6.07) is 17.1. The highest BCUT2D eigenvalue weighted by molar-refractivity contribution is 6.37. The van der Waals surface area contributed by atoms with Crippen LogP contribution in [0.15, 0.2) is 60.7 Å². The van der Waals surface area contributed by atoms with E-state index in [1.165, 1.54) is 0 Å². The van der Waals surface area contributed by atoms with E-state index >= 15 is 0 Å².